The number of carbonyl (C=O) groups excluding carboxylic acids is 1. The third-order valence-electron chi connectivity index (χ3n) is 5.13. The molecule has 1 atom stereocenters. The zero-order chi connectivity index (χ0) is 22.7. The van der Waals surface area contributed by atoms with Crippen molar-refractivity contribution in [3.8, 4) is 5.75 Å². The Morgan fingerprint density at radius 1 is 1.25 bits per heavy atom. The number of rotatable bonds is 6. The van der Waals surface area contributed by atoms with E-state index >= 15 is 0 Å². The highest BCUT2D eigenvalue weighted by molar-refractivity contribution is 7.92. The zero-order valence-electron chi connectivity index (χ0n) is 17.4. The number of fused-ring (bicyclic) bond motifs is 1. The maximum Gasteiger partial charge on any atom is 0.261 e. The summed E-state index contributed by atoms with van der Waals surface area (Å²) in [4.78, 5) is 16.9. The first-order valence-corrected chi connectivity index (χ1v) is 12.3. The van der Waals surface area contributed by atoms with Crippen molar-refractivity contribution in [3.05, 3.63) is 77.3 Å². The molecule has 0 radical (unpaired) electrons. The van der Waals surface area contributed by atoms with Crippen LogP contribution in [0, 0.1) is 0 Å². The lowest BCUT2D eigenvalue weighted by atomic mass is 10.1. The molecule has 8 nitrogen and oxygen atoms in total. The van der Waals surface area contributed by atoms with Gasteiger partial charge in [0.25, 0.3) is 5.91 Å². The Bertz CT molecular complexity index is 1210. The van der Waals surface area contributed by atoms with Gasteiger partial charge < -0.3 is 14.6 Å². The predicted molar refractivity (Wildman–Crippen MR) is 122 cm³/mol. The number of hydrogen-bond donors (Lipinski definition) is 1. The van der Waals surface area contributed by atoms with Crippen LogP contribution >= 0.6 is 11.6 Å². The van der Waals surface area contributed by atoms with Crippen molar-refractivity contribution in [2.45, 2.75) is 25.6 Å². The molecular weight excluding hydrogens is 452 g/mol. The lowest BCUT2D eigenvalue weighted by Gasteiger charge is -2.21. The smallest absolute Gasteiger partial charge is 0.261 e. The van der Waals surface area contributed by atoms with Gasteiger partial charge in [0.05, 0.1) is 18.3 Å². The summed E-state index contributed by atoms with van der Waals surface area (Å²) in [7, 11) is -3.55. The molecule has 1 amide bonds. The minimum atomic E-state index is -3.55. The van der Waals surface area contributed by atoms with Crippen molar-refractivity contribution in [1.82, 2.24) is 14.9 Å². The van der Waals surface area contributed by atoms with Gasteiger partial charge in [0.1, 0.15) is 5.75 Å². The van der Waals surface area contributed by atoms with Crippen molar-refractivity contribution < 1.29 is 17.9 Å². The van der Waals surface area contributed by atoms with Crippen molar-refractivity contribution in [2.24, 2.45) is 0 Å². The Kier molecular flexibility index (Phi) is 6.38. The van der Waals surface area contributed by atoms with Crippen LogP contribution in [0.3, 0.4) is 0 Å². The number of anilines is 1. The third-order valence-corrected chi connectivity index (χ3v) is 6.54. The molecular formula is C22H23ClN4O4S. The second kappa shape index (κ2) is 9.22. The van der Waals surface area contributed by atoms with Crippen LogP contribution in [0.15, 0.2) is 61.2 Å². The average molecular weight is 475 g/mol. The summed E-state index contributed by atoms with van der Waals surface area (Å²) in [6.07, 6.45) is 5.88. The zero-order valence-corrected chi connectivity index (χ0v) is 19.0. The summed E-state index contributed by atoms with van der Waals surface area (Å²) in [5.41, 5.74) is 2.38. The standard InChI is InChI=1S/C22H23ClN4O4S/c1-32(29,30)27-9-7-21(31-20-6-5-18(23)12-19(20)27)22(28)25-13-16-3-2-4-17(11-16)14-26-10-8-24-15-26/h2-6,8,10-12,15,21H,7,9,13-14H2,1H3,(H,25,28). The molecule has 0 aliphatic carbocycles. The van der Waals surface area contributed by atoms with E-state index in [1.807, 2.05) is 35.0 Å². The maximum atomic E-state index is 12.9. The van der Waals surface area contributed by atoms with Crippen molar-refractivity contribution >= 4 is 33.2 Å². The molecule has 10 heteroatoms. The number of hydrogen-bond acceptors (Lipinski definition) is 5. The minimum absolute atomic E-state index is 0.116. The van der Waals surface area contributed by atoms with Gasteiger partial charge in [-0.2, -0.15) is 0 Å². The molecule has 1 N–H and O–H groups in total. The van der Waals surface area contributed by atoms with Crippen LogP contribution in [0.1, 0.15) is 17.5 Å². The first-order chi connectivity index (χ1) is 15.3. The van der Waals surface area contributed by atoms with E-state index in [2.05, 4.69) is 10.3 Å². The quantitative estimate of drug-likeness (QED) is 0.593. The average Bonchev–Trinajstić information content (AvgIpc) is 3.17. The number of aromatic nitrogens is 2. The highest BCUT2D eigenvalue weighted by Gasteiger charge is 2.31. The van der Waals surface area contributed by atoms with E-state index in [4.69, 9.17) is 16.3 Å². The van der Waals surface area contributed by atoms with Gasteiger partial charge in [-0.3, -0.25) is 9.10 Å². The van der Waals surface area contributed by atoms with E-state index < -0.39 is 16.1 Å². The monoisotopic (exact) mass is 474 g/mol. The molecule has 0 fully saturated rings. The molecule has 3 aromatic rings. The fourth-order valence-electron chi connectivity index (χ4n) is 3.61. The van der Waals surface area contributed by atoms with E-state index in [1.165, 1.54) is 10.4 Å². The predicted octanol–water partition coefficient (Wildman–Crippen LogP) is 2.82. The number of sulfonamides is 1. The van der Waals surface area contributed by atoms with E-state index in [-0.39, 0.29) is 18.9 Å². The summed E-state index contributed by atoms with van der Waals surface area (Å²) >= 11 is 6.06. The number of nitrogens with one attached hydrogen (secondary N) is 1. The molecule has 2 aromatic carbocycles. The van der Waals surface area contributed by atoms with E-state index in [0.29, 0.717) is 29.5 Å². The normalized spacial score (nSPS) is 16.1. The number of imidazole rings is 1. The second-order valence-electron chi connectivity index (χ2n) is 7.62. The number of amides is 1. The third kappa shape index (κ3) is 5.23. The van der Waals surface area contributed by atoms with Crippen LogP contribution in [-0.2, 0) is 27.9 Å². The largest absolute Gasteiger partial charge is 0.478 e. The van der Waals surface area contributed by atoms with Gasteiger partial charge in [0.15, 0.2) is 6.10 Å². The number of benzene rings is 2. The molecule has 0 saturated carbocycles. The van der Waals surface area contributed by atoms with Gasteiger partial charge in [-0.05, 0) is 29.3 Å². The Balaban J connectivity index is 1.44. The SMILES string of the molecule is CS(=O)(=O)N1CCC(C(=O)NCc2cccc(Cn3ccnc3)c2)Oc2ccc(Cl)cc21. The first-order valence-electron chi connectivity index (χ1n) is 10.0. The van der Waals surface area contributed by atoms with Crippen LogP contribution in [-0.4, -0.2) is 42.8 Å². The Morgan fingerprint density at radius 3 is 2.81 bits per heavy atom. The topological polar surface area (TPSA) is 93.5 Å². The molecule has 1 aliphatic heterocycles. The highest BCUT2D eigenvalue weighted by Crippen LogP contribution is 2.36. The molecule has 1 aliphatic rings. The highest BCUT2D eigenvalue weighted by atomic mass is 35.5. The van der Waals surface area contributed by atoms with Crippen molar-refractivity contribution in [2.75, 3.05) is 17.1 Å². The molecule has 32 heavy (non-hydrogen) atoms. The minimum Gasteiger partial charge on any atom is -0.478 e. The van der Waals surface area contributed by atoms with Crippen molar-refractivity contribution in [1.29, 1.82) is 0 Å². The van der Waals surface area contributed by atoms with Crippen LogP contribution < -0.4 is 14.4 Å². The van der Waals surface area contributed by atoms with Crippen LogP contribution in [0.2, 0.25) is 5.02 Å². The summed E-state index contributed by atoms with van der Waals surface area (Å²) in [6.45, 7) is 1.14. The Hall–Kier alpha value is -3.04. The molecule has 2 heterocycles. The van der Waals surface area contributed by atoms with E-state index in [9.17, 15) is 13.2 Å². The van der Waals surface area contributed by atoms with Crippen LogP contribution in [0.5, 0.6) is 5.75 Å². The molecule has 0 saturated heterocycles. The van der Waals surface area contributed by atoms with Gasteiger partial charge >= 0.3 is 0 Å². The molecule has 4 rings (SSSR count). The van der Waals surface area contributed by atoms with Gasteiger partial charge in [0, 0.05) is 43.5 Å². The number of halogens is 1. The lowest BCUT2D eigenvalue weighted by molar-refractivity contribution is -0.128. The molecule has 168 valence electrons. The fourth-order valence-corrected chi connectivity index (χ4v) is 4.72. The van der Waals surface area contributed by atoms with Gasteiger partial charge in [-0.1, -0.05) is 35.9 Å². The summed E-state index contributed by atoms with van der Waals surface area (Å²) in [6, 6.07) is 12.6. The van der Waals surface area contributed by atoms with Gasteiger partial charge in [0.2, 0.25) is 10.0 Å². The summed E-state index contributed by atoms with van der Waals surface area (Å²) in [5.74, 6) is 0.000989. The van der Waals surface area contributed by atoms with Gasteiger partial charge in [-0.25, -0.2) is 13.4 Å². The molecule has 0 bridgehead atoms. The fraction of sp³-hybridized carbons (Fsp3) is 0.273. The Labute approximate surface area is 191 Å². The number of nitrogens with zero attached hydrogens (tertiary/aromatic N) is 3. The number of carbonyl (C=O) groups is 1. The van der Waals surface area contributed by atoms with E-state index in [0.717, 1.165) is 17.4 Å². The van der Waals surface area contributed by atoms with Crippen molar-refractivity contribution in [3.63, 3.8) is 0 Å². The summed E-state index contributed by atoms with van der Waals surface area (Å²) < 4.78 is 33.6. The van der Waals surface area contributed by atoms with Crippen LogP contribution in [0.25, 0.3) is 0 Å². The Morgan fingerprint density at radius 2 is 2.06 bits per heavy atom. The van der Waals surface area contributed by atoms with Gasteiger partial charge in [-0.15, -0.1) is 0 Å². The number of ether oxygens (including phenoxy) is 1. The summed E-state index contributed by atoms with van der Waals surface area (Å²) in [5, 5.41) is 3.29. The molecule has 1 aromatic heterocycles. The molecule has 1 unspecified atom stereocenters. The lowest BCUT2D eigenvalue weighted by Crippen LogP contribution is -2.39. The maximum absolute atomic E-state index is 12.9. The van der Waals surface area contributed by atoms with Crippen LogP contribution in [0.4, 0.5) is 5.69 Å². The first kappa shape index (κ1) is 22.2. The van der Waals surface area contributed by atoms with E-state index in [1.54, 1.807) is 24.7 Å². The second-order valence-corrected chi connectivity index (χ2v) is 9.96. The molecule has 0 spiro atoms.